The average Bonchev–Trinajstić information content (AvgIpc) is 3.25. The van der Waals surface area contributed by atoms with E-state index in [1.165, 1.54) is 10.1 Å². The lowest BCUT2D eigenvalue weighted by molar-refractivity contribution is -0.132. The number of aromatic nitrogens is 2. The number of likely N-dealkylation sites (tertiary alicyclic amines) is 1. The highest BCUT2D eigenvalue weighted by Crippen LogP contribution is 2.27. The van der Waals surface area contributed by atoms with Crippen LogP contribution in [0.4, 0.5) is 0 Å². The normalized spacial score (nSPS) is 18.4. The maximum atomic E-state index is 12.7. The summed E-state index contributed by atoms with van der Waals surface area (Å²) in [7, 11) is 0. The summed E-state index contributed by atoms with van der Waals surface area (Å²) in [6.07, 6.45) is 8.31. The Balaban J connectivity index is 1.48. The molecule has 1 amide bonds. The zero-order valence-electron chi connectivity index (χ0n) is 12.9. The van der Waals surface area contributed by atoms with Gasteiger partial charge in [-0.2, -0.15) is 0 Å². The van der Waals surface area contributed by atoms with Crippen molar-refractivity contribution in [3.63, 3.8) is 0 Å². The molecule has 2 aromatic heterocycles. The Morgan fingerprint density at radius 1 is 1.35 bits per heavy atom. The van der Waals surface area contributed by atoms with Crippen LogP contribution in [0.1, 0.15) is 24.4 Å². The van der Waals surface area contributed by atoms with Crippen LogP contribution in [0.2, 0.25) is 0 Å². The molecule has 0 aliphatic carbocycles. The highest BCUT2D eigenvalue weighted by molar-refractivity contribution is 7.17. The van der Waals surface area contributed by atoms with Crippen LogP contribution in [0.3, 0.4) is 0 Å². The predicted molar refractivity (Wildman–Crippen MR) is 92.6 cm³/mol. The van der Waals surface area contributed by atoms with Gasteiger partial charge in [-0.3, -0.25) is 4.79 Å². The molecule has 4 nitrogen and oxygen atoms in total. The number of imidazole rings is 1. The highest BCUT2D eigenvalue weighted by Gasteiger charge is 2.24. The fourth-order valence-corrected chi connectivity index (χ4v) is 4.32. The molecule has 1 aliphatic rings. The molecule has 3 aromatic rings. The topological polar surface area (TPSA) is 38.1 Å². The molecule has 0 bridgehead atoms. The number of carbonyl (C=O) groups excluding carboxylic acids is 1. The first kappa shape index (κ1) is 14.5. The second-order valence-electron chi connectivity index (χ2n) is 6.08. The maximum Gasteiger partial charge on any atom is 0.227 e. The molecule has 1 atom stereocenters. The Labute approximate surface area is 139 Å². The van der Waals surface area contributed by atoms with E-state index in [1.807, 2.05) is 29.6 Å². The lowest BCUT2D eigenvalue weighted by atomic mass is 10.0. The van der Waals surface area contributed by atoms with Gasteiger partial charge in [0.15, 0.2) is 0 Å². The van der Waals surface area contributed by atoms with E-state index in [0.29, 0.717) is 12.5 Å². The minimum Gasteiger partial charge on any atom is -0.340 e. The third-order valence-corrected chi connectivity index (χ3v) is 5.61. The molecule has 118 valence electrons. The van der Waals surface area contributed by atoms with Crippen LogP contribution in [0.25, 0.3) is 10.1 Å². The maximum absolute atomic E-state index is 12.7. The van der Waals surface area contributed by atoms with E-state index in [9.17, 15) is 4.79 Å². The molecule has 0 radical (unpaired) electrons. The van der Waals surface area contributed by atoms with Crippen molar-refractivity contribution in [2.75, 3.05) is 13.1 Å². The Bertz CT molecular complexity index is 809. The van der Waals surface area contributed by atoms with Gasteiger partial charge in [-0.25, -0.2) is 4.98 Å². The molecule has 5 heteroatoms. The first-order valence-corrected chi connectivity index (χ1v) is 8.89. The molecule has 0 N–H and O–H groups in total. The van der Waals surface area contributed by atoms with Crippen molar-refractivity contribution in [1.29, 1.82) is 0 Å². The molecule has 1 fully saturated rings. The summed E-state index contributed by atoms with van der Waals surface area (Å²) in [6, 6.07) is 8.67. The Morgan fingerprint density at radius 2 is 2.26 bits per heavy atom. The average molecular weight is 325 g/mol. The van der Waals surface area contributed by atoms with Crippen LogP contribution in [0.5, 0.6) is 0 Å². The Hall–Kier alpha value is -2.14. The monoisotopic (exact) mass is 325 g/mol. The summed E-state index contributed by atoms with van der Waals surface area (Å²) in [5.41, 5.74) is 1.15. The number of hydrogen-bond donors (Lipinski definition) is 0. The van der Waals surface area contributed by atoms with E-state index in [2.05, 4.69) is 27.1 Å². The number of piperidine rings is 1. The van der Waals surface area contributed by atoms with Gasteiger partial charge in [-0.1, -0.05) is 18.2 Å². The van der Waals surface area contributed by atoms with Gasteiger partial charge < -0.3 is 9.47 Å². The van der Waals surface area contributed by atoms with E-state index < -0.39 is 0 Å². The van der Waals surface area contributed by atoms with Crippen molar-refractivity contribution in [1.82, 2.24) is 14.5 Å². The van der Waals surface area contributed by atoms with E-state index in [-0.39, 0.29) is 5.91 Å². The molecular formula is C18H19N3OS. The number of rotatable bonds is 3. The van der Waals surface area contributed by atoms with Gasteiger partial charge in [0.05, 0.1) is 18.8 Å². The van der Waals surface area contributed by atoms with Crippen LogP contribution < -0.4 is 0 Å². The number of carbonyl (C=O) groups is 1. The molecule has 1 saturated heterocycles. The van der Waals surface area contributed by atoms with Gasteiger partial charge in [0, 0.05) is 30.2 Å². The van der Waals surface area contributed by atoms with Gasteiger partial charge >= 0.3 is 0 Å². The van der Waals surface area contributed by atoms with Gasteiger partial charge in [0.2, 0.25) is 5.91 Å². The molecular weight excluding hydrogens is 306 g/mol. The molecule has 3 heterocycles. The van der Waals surface area contributed by atoms with Crippen molar-refractivity contribution < 1.29 is 4.79 Å². The molecule has 1 aliphatic heterocycles. The molecule has 1 aromatic carbocycles. The third-order valence-electron chi connectivity index (χ3n) is 4.60. The third kappa shape index (κ3) is 2.88. The minimum atomic E-state index is 0.235. The lowest BCUT2D eigenvalue weighted by Gasteiger charge is -2.33. The number of thiophene rings is 1. The smallest absolute Gasteiger partial charge is 0.227 e. The zero-order valence-corrected chi connectivity index (χ0v) is 13.7. The SMILES string of the molecule is O=C(Cc1csc2ccccc12)N1CCC[C@@H](n2ccnc2)C1. The molecule has 0 saturated carbocycles. The predicted octanol–water partition coefficient (Wildman–Crippen LogP) is 3.50. The van der Waals surface area contributed by atoms with Crippen molar-refractivity contribution in [3.05, 3.63) is 53.9 Å². The van der Waals surface area contributed by atoms with Crippen molar-refractivity contribution in [3.8, 4) is 0 Å². The van der Waals surface area contributed by atoms with E-state index in [0.717, 1.165) is 31.5 Å². The fraction of sp³-hybridized carbons (Fsp3) is 0.333. The van der Waals surface area contributed by atoms with Crippen molar-refractivity contribution >= 4 is 27.3 Å². The molecule has 4 rings (SSSR count). The molecule has 0 spiro atoms. The summed E-state index contributed by atoms with van der Waals surface area (Å²) in [5, 5.41) is 3.34. The number of nitrogens with zero attached hydrogens (tertiary/aromatic N) is 3. The second-order valence-corrected chi connectivity index (χ2v) is 6.99. The summed E-state index contributed by atoms with van der Waals surface area (Å²) in [6.45, 7) is 1.66. The number of hydrogen-bond acceptors (Lipinski definition) is 3. The van der Waals surface area contributed by atoms with Crippen LogP contribution in [-0.4, -0.2) is 33.4 Å². The van der Waals surface area contributed by atoms with Gasteiger partial charge in [-0.15, -0.1) is 11.3 Å². The Kier molecular flexibility index (Phi) is 3.87. The fourth-order valence-electron chi connectivity index (χ4n) is 3.35. The van der Waals surface area contributed by atoms with Gasteiger partial charge in [0.25, 0.3) is 0 Å². The van der Waals surface area contributed by atoms with Gasteiger partial charge in [-0.05, 0) is 35.2 Å². The largest absolute Gasteiger partial charge is 0.340 e. The van der Waals surface area contributed by atoms with E-state index in [1.54, 1.807) is 17.5 Å². The number of benzene rings is 1. The van der Waals surface area contributed by atoms with Crippen molar-refractivity contribution in [2.45, 2.75) is 25.3 Å². The minimum absolute atomic E-state index is 0.235. The van der Waals surface area contributed by atoms with Crippen LogP contribution in [0.15, 0.2) is 48.4 Å². The summed E-state index contributed by atoms with van der Waals surface area (Å²) >= 11 is 1.72. The Morgan fingerprint density at radius 3 is 3.13 bits per heavy atom. The first-order chi connectivity index (χ1) is 11.3. The number of fused-ring (bicyclic) bond motifs is 1. The van der Waals surface area contributed by atoms with Crippen LogP contribution in [-0.2, 0) is 11.2 Å². The van der Waals surface area contributed by atoms with Crippen molar-refractivity contribution in [2.24, 2.45) is 0 Å². The summed E-state index contributed by atoms with van der Waals surface area (Å²) in [4.78, 5) is 18.9. The quantitative estimate of drug-likeness (QED) is 0.739. The van der Waals surface area contributed by atoms with Crippen LogP contribution >= 0.6 is 11.3 Å². The van der Waals surface area contributed by atoms with E-state index >= 15 is 0 Å². The highest BCUT2D eigenvalue weighted by atomic mass is 32.1. The second kappa shape index (κ2) is 6.16. The molecule has 23 heavy (non-hydrogen) atoms. The summed E-state index contributed by atoms with van der Waals surface area (Å²) in [5.74, 6) is 0.235. The first-order valence-electron chi connectivity index (χ1n) is 8.01. The molecule has 0 unspecified atom stereocenters. The van der Waals surface area contributed by atoms with Gasteiger partial charge in [0.1, 0.15) is 0 Å². The van der Waals surface area contributed by atoms with E-state index in [4.69, 9.17) is 0 Å². The zero-order chi connectivity index (χ0) is 15.6. The standard InChI is InChI=1S/C18H19N3OS/c22-18(10-14-12-23-17-6-2-1-5-16(14)17)20-8-3-4-15(11-20)21-9-7-19-13-21/h1-2,5-7,9,12-13,15H,3-4,8,10-11H2/t15-/m1/s1. The lowest BCUT2D eigenvalue weighted by Crippen LogP contribution is -2.41. The number of amides is 1. The summed E-state index contributed by atoms with van der Waals surface area (Å²) < 4.78 is 3.38. The van der Waals surface area contributed by atoms with Crippen LogP contribution in [0, 0.1) is 0 Å².